The Balaban J connectivity index is 2.27. The van der Waals surface area contributed by atoms with E-state index in [0.29, 0.717) is 4.99 Å². The third-order valence-corrected chi connectivity index (χ3v) is 3.33. The number of thiocarbonyl (C=S) groups is 1. The van der Waals surface area contributed by atoms with E-state index < -0.39 is 0 Å². The molecule has 1 aliphatic rings. The Morgan fingerprint density at radius 2 is 2.33 bits per heavy atom. The van der Waals surface area contributed by atoms with Gasteiger partial charge in [0.15, 0.2) is 0 Å². The molecule has 0 bridgehead atoms. The van der Waals surface area contributed by atoms with Crippen molar-refractivity contribution in [3.05, 3.63) is 0 Å². The molecule has 15 heavy (non-hydrogen) atoms. The molecule has 88 valence electrons. The molecule has 0 saturated carbocycles. The number of nitrogens with zero attached hydrogens (tertiary/aromatic N) is 1. The molecule has 0 radical (unpaired) electrons. The standard InChI is InChI=1S/C11H22N2OS/c1-11(14-2)6-4-8-13(9-11)7-3-5-10(12)15/h3-9H2,1-2H3,(H2,12,15). The van der Waals surface area contributed by atoms with Crippen LogP contribution in [-0.2, 0) is 4.74 Å². The lowest BCUT2D eigenvalue weighted by molar-refractivity contribution is -0.0506. The van der Waals surface area contributed by atoms with Crippen molar-refractivity contribution < 1.29 is 4.74 Å². The molecule has 1 heterocycles. The summed E-state index contributed by atoms with van der Waals surface area (Å²) in [5.74, 6) is 0. The fourth-order valence-electron chi connectivity index (χ4n) is 2.14. The molecule has 0 aromatic heterocycles. The highest BCUT2D eigenvalue weighted by Gasteiger charge is 2.30. The second-order valence-corrected chi connectivity index (χ2v) is 5.13. The maximum atomic E-state index is 5.54. The zero-order valence-electron chi connectivity index (χ0n) is 9.79. The Morgan fingerprint density at radius 3 is 2.93 bits per heavy atom. The van der Waals surface area contributed by atoms with E-state index >= 15 is 0 Å². The summed E-state index contributed by atoms with van der Waals surface area (Å²) in [4.78, 5) is 3.08. The lowest BCUT2D eigenvalue weighted by atomic mass is 9.94. The molecule has 1 rings (SSSR count). The van der Waals surface area contributed by atoms with Crippen LogP contribution in [0.25, 0.3) is 0 Å². The second-order valence-electron chi connectivity index (χ2n) is 4.60. The summed E-state index contributed by atoms with van der Waals surface area (Å²) < 4.78 is 5.54. The zero-order chi connectivity index (χ0) is 11.3. The Hall–Kier alpha value is -0.190. The van der Waals surface area contributed by atoms with Crippen molar-refractivity contribution in [3.63, 3.8) is 0 Å². The molecule has 1 fully saturated rings. The van der Waals surface area contributed by atoms with Gasteiger partial charge < -0.3 is 15.4 Å². The smallest absolute Gasteiger partial charge is 0.0777 e. The van der Waals surface area contributed by atoms with Crippen molar-refractivity contribution in [3.8, 4) is 0 Å². The average molecular weight is 230 g/mol. The Labute approximate surface area is 98.0 Å². The highest BCUT2D eigenvalue weighted by Crippen LogP contribution is 2.23. The monoisotopic (exact) mass is 230 g/mol. The van der Waals surface area contributed by atoms with Gasteiger partial charge in [-0.05, 0) is 45.7 Å². The molecular weight excluding hydrogens is 208 g/mol. The van der Waals surface area contributed by atoms with E-state index in [9.17, 15) is 0 Å². The van der Waals surface area contributed by atoms with Gasteiger partial charge >= 0.3 is 0 Å². The highest BCUT2D eigenvalue weighted by molar-refractivity contribution is 7.80. The van der Waals surface area contributed by atoms with Crippen molar-refractivity contribution in [2.75, 3.05) is 26.7 Å². The van der Waals surface area contributed by atoms with Gasteiger partial charge in [-0.3, -0.25) is 0 Å². The van der Waals surface area contributed by atoms with Crippen LogP contribution in [0, 0.1) is 0 Å². The van der Waals surface area contributed by atoms with Gasteiger partial charge in [0, 0.05) is 13.7 Å². The van der Waals surface area contributed by atoms with Crippen molar-refractivity contribution in [1.82, 2.24) is 4.90 Å². The van der Waals surface area contributed by atoms with Gasteiger partial charge in [0.25, 0.3) is 0 Å². The van der Waals surface area contributed by atoms with Crippen LogP contribution in [0.1, 0.15) is 32.6 Å². The molecule has 4 heteroatoms. The summed E-state index contributed by atoms with van der Waals surface area (Å²) in [5.41, 5.74) is 5.52. The molecule has 1 aliphatic heterocycles. The first kappa shape index (κ1) is 12.9. The molecule has 0 aromatic carbocycles. The predicted octanol–water partition coefficient (Wildman–Crippen LogP) is 1.55. The van der Waals surface area contributed by atoms with Crippen LogP contribution in [0.4, 0.5) is 0 Å². The molecule has 2 N–H and O–H groups in total. The molecule has 3 nitrogen and oxygen atoms in total. The van der Waals surface area contributed by atoms with Crippen molar-refractivity contribution in [1.29, 1.82) is 0 Å². The van der Waals surface area contributed by atoms with Crippen LogP contribution >= 0.6 is 12.2 Å². The van der Waals surface area contributed by atoms with Gasteiger partial charge in [-0.25, -0.2) is 0 Å². The number of nitrogens with two attached hydrogens (primary N) is 1. The molecule has 0 amide bonds. The first-order chi connectivity index (χ1) is 7.06. The largest absolute Gasteiger partial charge is 0.393 e. The van der Waals surface area contributed by atoms with E-state index in [1.165, 1.54) is 13.0 Å². The minimum absolute atomic E-state index is 0.0431. The molecule has 0 aromatic rings. The van der Waals surface area contributed by atoms with E-state index in [1.54, 1.807) is 7.11 Å². The minimum atomic E-state index is 0.0431. The molecule has 0 aliphatic carbocycles. The van der Waals surface area contributed by atoms with Gasteiger partial charge in [0.2, 0.25) is 0 Å². The van der Waals surface area contributed by atoms with Crippen LogP contribution in [0.2, 0.25) is 0 Å². The summed E-state index contributed by atoms with van der Waals surface area (Å²) in [6.07, 6.45) is 4.30. The number of likely N-dealkylation sites (tertiary alicyclic amines) is 1. The molecule has 0 spiro atoms. The van der Waals surface area contributed by atoms with Crippen LogP contribution < -0.4 is 5.73 Å². The summed E-state index contributed by atoms with van der Waals surface area (Å²) in [7, 11) is 1.80. The summed E-state index contributed by atoms with van der Waals surface area (Å²) >= 11 is 4.86. The van der Waals surface area contributed by atoms with Crippen LogP contribution in [-0.4, -0.2) is 42.2 Å². The highest BCUT2D eigenvalue weighted by atomic mass is 32.1. The first-order valence-electron chi connectivity index (χ1n) is 5.61. The maximum Gasteiger partial charge on any atom is 0.0777 e. The fourth-order valence-corrected chi connectivity index (χ4v) is 2.29. The van der Waals surface area contributed by atoms with Gasteiger partial charge in [-0.2, -0.15) is 0 Å². The number of ether oxygens (including phenoxy) is 1. The van der Waals surface area contributed by atoms with Crippen molar-refractivity contribution in [2.24, 2.45) is 5.73 Å². The van der Waals surface area contributed by atoms with Gasteiger partial charge in [-0.15, -0.1) is 0 Å². The number of hydrogen-bond donors (Lipinski definition) is 1. The topological polar surface area (TPSA) is 38.5 Å². The van der Waals surface area contributed by atoms with E-state index in [0.717, 1.165) is 32.4 Å². The average Bonchev–Trinajstić information content (AvgIpc) is 2.17. The third kappa shape index (κ3) is 4.45. The summed E-state index contributed by atoms with van der Waals surface area (Å²) in [6.45, 7) is 5.47. The minimum Gasteiger partial charge on any atom is -0.393 e. The van der Waals surface area contributed by atoms with Crippen molar-refractivity contribution in [2.45, 2.75) is 38.2 Å². The number of rotatable bonds is 5. The van der Waals surface area contributed by atoms with Gasteiger partial charge in [-0.1, -0.05) is 12.2 Å². The maximum absolute atomic E-state index is 5.54. The Bertz CT molecular complexity index is 223. The third-order valence-electron chi connectivity index (χ3n) is 3.13. The lowest BCUT2D eigenvalue weighted by Gasteiger charge is -2.39. The molecule has 1 unspecified atom stereocenters. The molecular formula is C11H22N2OS. The van der Waals surface area contributed by atoms with Gasteiger partial charge in [0.1, 0.15) is 0 Å². The number of hydrogen-bond acceptors (Lipinski definition) is 3. The summed E-state index contributed by atoms with van der Waals surface area (Å²) in [6, 6.07) is 0. The second kappa shape index (κ2) is 5.77. The number of methoxy groups -OCH3 is 1. The van der Waals surface area contributed by atoms with Crippen LogP contribution in [0.15, 0.2) is 0 Å². The SMILES string of the molecule is COC1(C)CCCN(CCCC(N)=S)C1. The van der Waals surface area contributed by atoms with E-state index in [1.807, 2.05) is 0 Å². The van der Waals surface area contributed by atoms with Gasteiger partial charge in [0.05, 0.1) is 10.6 Å². The Kier molecular flexibility index (Phi) is 4.96. The molecule has 1 saturated heterocycles. The predicted molar refractivity (Wildman–Crippen MR) is 67.1 cm³/mol. The Morgan fingerprint density at radius 1 is 1.60 bits per heavy atom. The quantitative estimate of drug-likeness (QED) is 0.727. The fraction of sp³-hybridized carbons (Fsp3) is 0.909. The van der Waals surface area contributed by atoms with Crippen LogP contribution in [0.5, 0.6) is 0 Å². The first-order valence-corrected chi connectivity index (χ1v) is 6.02. The zero-order valence-corrected chi connectivity index (χ0v) is 10.6. The van der Waals surface area contributed by atoms with E-state index in [-0.39, 0.29) is 5.60 Å². The molecule has 1 atom stereocenters. The summed E-state index contributed by atoms with van der Waals surface area (Å²) in [5, 5.41) is 0. The number of piperidine rings is 1. The van der Waals surface area contributed by atoms with E-state index in [2.05, 4.69) is 11.8 Å². The van der Waals surface area contributed by atoms with Crippen LogP contribution in [0.3, 0.4) is 0 Å². The van der Waals surface area contributed by atoms with E-state index in [4.69, 9.17) is 22.7 Å². The van der Waals surface area contributed by atoms with Crippen molar-refractivity contribution >= 4 is 17.2 Å². The normalized spacial score (nSPS) is 27.9. The lowest BCUT2D eigenvalue weighted by Crippen LogP contribution is -2.47.